The predicted octanol–water partition coefficient (Wildman–Crippen LogP) is 5.35. The Morgan fingerprint density at radius 2 is 2.05 bits per heavy atom. The molecule has 1 N–H and O–H groups in total. The van der Waals surface area contributed by atoms with Crippen LogP contribution < -0.4 is 0 Å². The molecule has 2 aromatic rings. The molecular formula is C15H19ClN2S. The lowest BCUT2D eigenvalue weighted by molar-refractivity contribution is 0.212. The highest BCUT2D eigenvalue weighted by atomic mass is 35.5. The van der Waals surface area contributed by atoms with Gasteiger partial charge in [0, 0.05) is 6.04 Å². The van der Waals surface area contributed by atoms with Crippen molar-refractivity contribution in [2.75, 3.05) is 0 Å². The molecule has 4 heteroatoms. The summed E-state index contributed by atoms with van der Waals surface area (Å²) >= 11 is 11.9. The molecule has 1 aromatic heterocycles. The molecule has 0 amide bonds. The second-order valence-electron chi connectivity index (χ2n) is 5.86. The van der Waals surface area contributed by atoms with Gasteiger partial charge in [0.2, 0.25) is 0 Å². The van der Waals surface area contributed by atoms with Gasteiger partial charge < -0.3 is 9.55 Å². The molecule has 1 aliphatic rings. The van der Waals surface area contributed by atoms with Crippen molar-refractivity contribution in [3.8, 4) is 0 Å². The SMILES string of the molecule is CC1CCC(n2c(=S)[nH]c3cccc(Cl)c32)CC1C. The summed E-state index contributed by atoms with van der Waals surface area (Å²) in [7, 11) is 0. The fourth-order valence-electron chi connectivity index (χ4n) is 3.24. The Morgan fingerprint density at radius 1 is 1.26 bits per heavy atom. The standard InChI is InChI=1S/C15H19ClN2S/c1-9-6-7-11(8-10(9)2)18-14-12(16)4-3-5-13(14)17-15(18)19/h3-5,9-11H,6-8H2,1-2H3,(H,17,19). The zero-order valence-corrected chi connectivity index (χ0v) is 12.9. The number of rotatable bonds is 1. The van der Waals surface area contributed by atoms with Gasteiger partial charge in [0.1, 0.15) is 0 Å². The lowest BCUT2D eigenvalue weighted by Gasteiger charge is -2.33. The number of nitrogens with zero attached hydrogens (tertiary/aromatic N) is 1. The van der Waals surface area contributed by atoms with E-state index in [1.54, 1.807) is 0 Å². The minimum absolute atomic E-state index is 0.479. The van der Waals surface area contributed by atoms with Gasteiger partial charge in [-0.05, 0) is 55.4 Å². The molecule has 1 saturated carbocycles. The van der Waals surface area contributed by atoms with Gasteiger partial charge in [-0.15, -0.1) is 0 Å². The van der Waals surface area contributed by atoms with Crippen LogP contribution in [0.25, 0.3) is 11.0 Å². The first kappa shape index (κ1) is 13.2. The summed E-state index contributed by atoms with van der Waals surface area (Å²) in [6.45, 7) is 4.69. The molecule has 1 fully saturated rings. The smallest absolute Gasteiger partial charge is 0.178 e. The fraction of sp³-hybridized carbons (Fsp3) is 0.533. The first-order valence-corrected chi connectivity index (χ1v) is 7.75. The Morgan fingerprint density at radius 3 is 2.79 bits per heavy atom. The molecule has 0 saturated heterocycles. The van der Waals surface area contributed by atoms with Crippen LogP contribution in [0, 0.1) is 16.6 Å². The largest absolute Gasteiger partial charge is 0.331 e. The van der Waals surface area contributed by atoms with Crippen LogP contribution in [-0.4, -0.2) is 9.55 Å². The highest BCUT2D eigenvalue weighted by molar-refractivity contribution is 7.71. The van der Waals surface area contributed by atoms with Gasteiger partial charge in [0.05, 0.1) is 16.1 Å². The Balaban J connectivity index is 2.10. The van der Waals surface area contributed by atoms with Crippen molar-refractivity contribution >= 4 is 34.9 Å². The van der Waals surface area contributed by atoms with Crippen LogP contribution in [0.3, 0.4) is 0 Å². The van der Waals surface area contributed by atoms with E-state index in [2.05, 4.69) is 23.4 Å². The average Bonchev–Trinajstić information content (AvgIpc) is 2.70. The third kappa shape index (κ3) is 2.23. The first-order chi connectivity index (χ1) is 9.08. The van der Waals surface area contributed by atoms with Gasteiger partial charge in [0.25, 0.3) is 0 Å². The molecule has 0 aliphatic heterocycles. The highest BCUT2D eigenvalue weighted by Crippen LogP contribution is 2.38. The molecule has 19 heavy (non-hydrogen) atoms. The zero-order chi connectivity index (χ0) is 13.6. The predicted molar refractivity (Wildman–Crippen MR) is 83.3 cm³/mol. The number of benzene rings is 1. The molecule has 0 radical (unpaired) electrons. The van der Waals surface area contributed by atoms with Crippen LogP contribution in [-0.2, 0) is 0 Å². The number of halogens is 1. The second kappa shape index (κ2) is 4.95. The van der Waals surface area contributed by atoms with Crippen LogP contribution in [0.2, 0.25) is 5.02 Å². The maximum atomic E-state index is 6.37. The summed E-state index contributed by atoms with van der Waals surface area (Å²) in [5.74, 6) is 1.55. The minimum atomic E-state index is 0.479. The summed E-state index contributed by atoms with van der Waals surface area (Å²) in [5, 5.41) is 0.788. The lowest BCUT2D eigenvalue weighted by atomic mass is 9.79. The van der Waals surface area contributed by atoms with E-state index >= 15 is 0 Å². The Hall–Kier alpha value is -0.800. The number of hydrogen-bond acceptors (Lipinski definition) is 1. The molecule has 3 atom stereocenters. The monoisotopic (exact) mass is 294 g/mol. The maximum absolute atomic E-state index is 6.37. The number of fused-ring (bicyclic) bond motifs is 1. The van der Waals surface area contributed by atoms with Gasteiger partial charge in [-0.2, -0.15) is 0 Å². The van der Waals surface area contributed by atoms with E-state index in [9.17, 15) is 0 Å². The number of para-hydroxylation sites is 1. The van der Waals surface area contributed by atoms with Gasteiger partial charge in [-0.1, -0.05) is 31.5 Å². The lowest BCUT2D eigenvalue weighted by Crippen LogP contribution is -2.23. The van der Waals surface area contributed by atoms with Crippen molar-refractivity contribution in [3.05, 3.63) is 28.0 Å². The normalized spacial score (nSPS) is 27.8. The summed E-state index contributed by atoms with van der Waals surface area (Å²) in [6.07, 6.45) is 3.65. The topological polar surface area (TPSA) is 20.7 Å². The Bertz CT molecular complexity index is 658. The van der Waals surface area contributed by atoms with Crippen LogP contribution in [0.15, 0.2) is 18.2 Å². The molecular weight excluding hydrogens is 276 g/mol. The minimum Gasteiger partial charge on any atom is -0.331 e. The molecule has 3 rings (SSSR count). The first-order valence-electron chi connectivity index (χ1n) is 6.96. The number of hydrogen-bond donors (Lipinski definition) is 1. The van der Waals surface area contributed by atoms with Gasteiger partial charge in [-0.3, -0.25) is 0 Å². The van der Waals surface area contributed by atoms with Crippen molar-refractivity contribution in [2.24, 2.45) is 11.8 Å². The van der Waals surface area contributed by atoms with E-state index in [1.165, 1.54) is 19.3 Å². The molecule has 1 aliphatic carbocycles. The number of aromatic amines is 1. The van der Waals surface area contributed by atoms with Gasteiger partial charge in [0.15, 0.2) is 4.77 Å². The summed E-state index contributed by atoms with van der Waals surface area (Å²) in [5.41, 5.74) is 2.12. The molecule has 1 aromatic carbocycles. The van der Waals surface area contributed by atoms with Crippen molar-refractivity contribution in [1.82, 2.24) is 9.55 Å². The van der Waals surface area contributed by atoms with Crippen molar-refractivity contribution in [2.45, 2.75) is 39.2 Å². The number of H-pyrrole nitrogens is 1. The molecule has 3 unspecified atom stereocenters. The van der Waals surface area contributed by atoms with E-state index in [4.69, 9.17) is 23.8 Å². The number of nitrogens with one attached hydrogen (secondary N) is 1. The zero-order valence-electron chi connectivity index (χ0n) is 11.3. The maximum Gasteiger partial charge on any atom is 0.178 e. The van der Waals surface area contributed by atoms with Crippen molar-refractivity contribution in [1.29, 1.82) is 0 Å². The molecule has 0 bridgehead atoms. The molecule has 0 spiro atoms. The molecule has 102 valence electrons. The van der Waals surface area contributed by atoms with Crippen molar-refractivity contribution < 1.29 is 0 Å². The molecule has 1 heterocycles. The highest BCUT2D eigenvalue weighted by Gasteiger charge is 2.27. The number of aromatic nitrogens is 2. The summed E-state index contributed by atoms with van der Waals surface area (Å²) in [4.78, 5) is 3.28. The Kier molecular flexibility index (Phi) is 3.44. The fourth-order valence-corrected chi connectivity index (χ4v) is 3.86. The average molecular weight is 295 g/mol. The van der Waals surface area contributed by atoms with E-state index in [0.29, 0.717) is 6.04 Å². The van der Waals surface area contributed by atoms with E-state index in [0.717, 1.165) is 32.7 Å². The quantitative estimate of drug-likeness (QED) is 0.703. The van der Waals surface area contributed by atoms with Crippen LogP contribution in [0.4, 0.5) is 0 Å². The van der Waals surface area contributed by atoms with Crippen LogP contribution >= 0.6 is 23.8 Å². The Labute approximate surface area is 123 Å². The van der Waals surface area contributed by atoms with Crippen LogP contribution in [0.5, 0.6) is 0 Å². The van der Waals surface area contributed by atoms with E-state index in [-0.39, 0.29) is 0 Å². The van der Waals surface area contributed by atoms with Gasteiger partial charge >= 0.3 is 0 Å². The third-order valence-electron chi connectivity index (χ3n) is 4.62. The summed E-state index contributed by atoms with van der Waals surface area (Å²) in [6, 6.07) is 6.43. The van der Waals surface area contributed by atoms with Gasteiger partial charge in [-0.25, -0.2) is 0 Å². The number of imidazole rings is 1. The van der Waals surface area contributed by atoms with E-state index < -0.39 is 0 Å². The van der Waals surface area contributed by atoms with Crippen LogP contribution in [0.1, 0.15) is 39.2 Å². The molecule has 2 nitrogen and oxygen atoms in total. The second-order valence-corrected chi connectivity index (χ2v) is 6.65. The summed E-state index contributed by atoms with van der Waals surface area (Å²) < 4.78 is 3.05. The van der Waals surface area contributed by atoms with E-state index in [1.807, 2.05) is 18.2 Å². The van der Waals surface area contributed by atoms with Crippen molar-refractivity contribution in [3.63, 3.8) is 0 Å². The third-order valence-corrected chi connectivity index (χ3v) is 5.23.